The van der Waals surface area contributed by atoms with E-state index in [1.54, 1.807) is 18.2 Å². The van der Waals surface area contributed by atoms with Crippen LogP contribution in [0.2, 0.25) is 0 Å². The van der Waals surface area contributed by atoms with Crippen molar-refractivity contribution in [3.05, 3.63) is 54.1 Å². The van der Waals surface area contributed by atoms with E-state index < -0.39 is 22.8 Å². The Labute approximate surface area is 200 Å². The monoisotopic (exact) mass is 464 g/mol. The topological polar surface area (TPSA) is 84.9 Å². The highest BCUT2D eigenvalue weighted by Crippen LogP contribution is 2.60. The fourth-order valence-electron chi connectivity index (χ4n) is 5.42. The van der Waals surface area contributed by atoms with Crippen molar-refractivity contribution in [2.24, 2.45) is 16.7 Å². The van der Waals surface area contributed by atoms with Gasteiger partial charge in [0.2, 0.25) is 17.7 Å². The third kappa shape index (κ3) is 3.73. The summed E-state index contributed by atoms with van der Waals surface area (Å²) in [6.07, 6.45) is 1.53. The maximum absolute atomic E-state index is 13.8. The normalized spacial score (nSPS) is 24.0. The van der Waals surface area contributed by atoms with Gasteiger partial charge in [-0.2, -0.15) is 0 Å². The lowest BCUT2D eigenvalue weighted by Crippen LogP contribution is -2.64. The Bertz CT molecular complexity index is 1110. The number of amides is 3. The van der Waals surface area contributed by atoms with Gasteiger partial charge in [-0.15, -0.1) is 0 Å². The molecule has 1 saturated carbocycles. The number of piperidine rings is 1. The van der Waals surface area contributed by atoms with Crippen LogP contribution in [0, 0.1) is 16.7 Å². The largest absolute Gasteiger partial charge is 0.493 e. The predicted octanol–water partition coefficient (Wildman–Crippen LogP) is 4.06. The Kier molecular flexibility index (Phi) is 6.14. The summed E-state index contributed by atoms with van der Waals surface area (Å²) in [6, 6.07) is 13.5. The Morgan fingerprint density at radius 2 is 1.74 bits per heavy atom. The maximum atomic E-state index is 13.8. The number of benzene rings is 2. The number of nitrogens with zero attached hydrogens (tertiary/aromatic N) is 1. The molecular weight excluding hydrogens is 432 g/mol. The van der Waals surface area contributed by atoms with Gasteiger partial charge in [-0.25, -0.2) is 0 Å². The molecule has 2 aromatic carbocycles. The first kappa shape index (κ1) is 23.8. The van der Waals surface area contributed by atoms with E-state index in [1.165, 1.54) is 19.1 Å². The zero-order valence-electron chi connectivity index (χ0n) is 20.4. The first-order valence-electron chi connectivity index (χ1n) is 11.6. The molecule has 2 bridgehead atoms. The van der Waals surface area contributed by atoms with Crippen molar-refractivity contribution in [1.82, 2.24) is 4.90 Å². The van der Waals surface area contributed by atoms with Crippen molar-refractivity contribution in [2.75, 3.05) is 19.5 Å². The van der Waals surface area contributed by atoms with E-state index >= 15 is 0 Å². The molecule has 3 atom stereocenters. The molecule has 3 amide bonds. The first-order valence-corrected chi connectivity index (χ1v) is 11.6. The smallest absolute Gasteiger partial charge is 0.248 e. The van der Waals surface area contributed by atoms with E-state index in [-0.39, 0.29) is 24.2 Å². The summed E-state index contributed by atoms with van der Waals surface area (Å²) >= 11 is 0. The van der Waals surface area contributed by atoms with E-state index in [0.717, 1.165) is 5.56 Å². The number of hydrogen-bond donors (Lipinski definition) is 1. The van der Waals surface area contributed by atoms with E-state index in [2.05, 4.69) is 5.32 Å². The molecule has 3 unspecified atom stereocenters. The SMILES string of the molecule is COc1ccc(NC(=O)C(Cc2ccccc2)N2C(=O)C3CCC(C)(C2=O)C3(C)C)cc1OC. The van der Waals surface area contributed by atoms with Crippen LogP contribution in [0.4, 0.5) is 5.69 Å². The fourth-order valence-corrected chi connectivity index (χ4v) is 5.42. The highest BCUT2D eigenvalue weighted by molar-refractivity contribution is 6.09. The van der Waals surface area contributed by atoms with Gasteiger partial charge in [0.1, 0.15) is 6.04 Å². The van der Waals surface area contributed by atoms with Gasteiger partial charge in [-0.3, -0.25) is 19.3 Å². The molecule has 34 heavy (non-hydrogen) atoms. The molecule has 1 aliphatic carbocycles. The van der Waals surface area contributed by atoms with E-state index in [4.69, 9.17) is 9.47 Å². The van der Waals surface area contributed by atoms with Crippen LogP contribution in [0.1, 0.15) is 39.2 Å². The molecule has 2 aliphatic rings. The molecule has 1 N–H and O–H groups in total. The molecule has 7 heteroatoms. The lowest BCUT2D eigenvalue weighted by molar-refractivity contribution is -0.172. The summed E-state index contributed by atoms with van der Waals surface area (Å²) in [6.45, 7) is 5.92. The zero-order valence-corrected chi connectivity index (χ0v) is 20.4. The number of fused-ring (bicyclic) bond motifs is 2. The van der Waals surface area contributed by atoms with Gasteiger partial charge in [-0.1, -0.05) is 51.1 Å². The standard InChI is InChI=1S/C27H32N2O5/c1-26(2)19-13-14-27(26,3)25(32)29(24(19)31)20(15-17-9-7-6-8-10-17)23(30)28-18-11-12-21(33-4)22(16-18)34-5/h6-12,16,19-20H,13-15H2,1-5H3,(H,28,30). The number of ether oxygens (including phenoxy) is 2. The van der Waals surface area contributed by atoms with Crippen molar-refractivity contribution >= 4 is 23.4 Å². The van der Waals surface area contributed by atoms with Gasteiger partial charge in [-0.05, 0) is 36.0 Å². The number of rotatable bonds is 7. The maximum Gasteiger partial charge on any atom is 0.248 e. The van der Waals surface area contributed by atoms with Gasteiger partial charge in [0.05, 0.1) is 19.6 Å². The third-order valence-electron chi connectivity index (χ3n) is 7.99. The van der Waals surface area contributed by atoms with Crippen LogP contribution in [-0.2, 0) is 20.8 Å². The number of likely N-dealkylation sites (tertiary alicyclic amines) is 1. The summed E-state index contributed by atoms with van der Waals surface area (Å²) < 4.78 is 10.6. The van der Waals surface area contributed by atoms with Gasteiger partial charge >= 0.3 is 0 Å². The molecule has 0 spiro atoms. The highest BCUT2D eigenvalue weighted by atomic mass is 16.5. The van der Waals surface area contributed by atoms with Crippen LogP contribution in [0.25, 0.3) is 0 Å². The molecule has 2 aromatic rings. The summed E-state index contributed by atoms with van der Waals surface area (Å²) in [5.74, 6) is -0.220. The van der Waals surface area contributed by atoms with Gasteiger partial charge in [0, 0.05) is 24.1 Å². The molecule has 1 aliphatic heterocycles. The average Bonchev–Trinajstić information content (AvgIpc) is 3.01. The summed E-state index contributed by atoms with van der Waals surface area (Å²) in [7, 11) is 3.06. The molecular formula is C27H32N2O5. The van der Waals surface area contributed by atoms with Gasteiger partial charge in [0.25, 0.3) is 0 Å². The molecule has 1 saturated heterocycles. The quantitative estimate of drug-likeness (QED) is 0.625. The van der Waals surface area contributed by atoms with Crippen molar-refractivity contribution < 1.29 is 23.9 Å². The van der Waals surface area contributed by atoms with Crippen molar-refractivity contribution in [3.8, 4) is 11.5 Å². The minimum Gasteiger partial charge on any atom is -0.493 e. The lowest BCUT2D eigenvalue weighted by Gasteiger charge is -2.49. The lowest BCUT2D eigenvalue weighted by atomic mass is 9.62. The molecule has 4 rings (SSSR count). The Morgan fingerprint density at radius 1 is 1.06 bits per heavy atom. The second-order valence-electron chi connectivity index (χ2n) is 9.92. The molecule has 7 nitrogen and oxygen atoms in total. The Hall–Kier alpha value is -3.35. The number of nitrogens with one attached hydrogen (secondary N) is 1. The minimum atomic E-state index is -0.966. The molecule has 1 heterocycles. The molecule has 2 fully saturated rings. The summed E-state index contributed by atoms with van der Waals surface area (Å²) in [5.41, 5.74) is 0.226. The number of carbonyl (C=O) groups is 3. The van der Waals surface area contributed by atoms with Crippen molar-refractivity contribution in [2.45, 2.75) is 46.1 Å². The van der Waals surface area contributed by atoms with E-state index in [9.17, 15) is 14.4 Å². The van der Waals surface area contributed by atoms with Crippen LogP contribution < -0.4 is 14.8 Å². The molecule has 180 valence electrons. The number of anilines is 1. The number of imide groups is 1. The van der Waals surface area contributed by atoms with E-state index in [1.807, 2.05) is 51.1 Å². The number of hydrogen-bond acceptors (Lipinski definition) is 5. The number of carbonyl (C=O) groups excluding carboxylic acids is 3. The van der Waals surface area contributed by atoms with Gasteiger partial charge < -0.3 is 14.8 Å². The first-order chi connectivity index (χ1) is 16.1. The Balaban J connectivity index is 1.70. The van der Waals surface area contributed by atoms with Crippen molar-refractivity contribution in [3.63, 3.8) is 0 Å². The molecule has 0 aromatic heterocycles. The molecule has 0 radical (unpaired) electrons. The van der Waals surface area contributed by atoms with Crippen LogP contribution in [0.3, 0.4) is 0 Å². The average molecular weight is 465 g/mol. The van der Waals surface area contributed by atoms with Gasteiger partial charge in [0.15, 0.2) is 11.5 Å². The zero-order chi connectivity index (χ0) is 24.7. The summed E-state index contributed by atoms with van der Waals surface area (Å²) in [5, 5.41) is 2.89. The van der Waals surface area contributed by atoms with Crippen LogP contribution >= 0.6 is 0 Å². The van der Waals surface area contributed by atoms with E-state index in [0.29, 0.717) is 30.0 Å². The van der Waals surface area contributed by atoms with Crippen LogP contribution in [0.15, 0.2) is 48.5 Å². The number of methoxy groups -OCH3 is 2. The Morgan fingerprint density at radius 3 is 2.38 bits per heavy atom. The van der Waals surface area contributed by atoms with Crippen LogP contribution in [-0.4, -0.2) is 42.9 Å². The predicted molar refractivity (Wildman–Crippen MR) is 129 cm³/mol. The second kappa shape index (κ2) is 8.78. The fraction of sp³-hybridized carbons (Fsp3) is 0.444. The highest BCUT2D eigenvalue weighted by Gasteiger charge is 2.65. The van der Waals surface area contributed by atoms with Crippen LogP contribution in [0.5, 0.6) is 11.5 Å². The third-order valence-corrected chi connectivity index (χ3v) is 7.99. The minimum absolute atomic E-state index is 0.237. The van der Waals surface area contributed by atoms with Crippen molar-refractivity contribution in [1.29, 1.82) is 0 Å². The summed E-state index contributed by atoms with van der Waals surface area (Å²) in [4.78, 5) is 42.3. The second-order valence-corrected chi connectivity index (χ2v) is 9.92.